The molecule has 0 aliphatic heterocycles. The molecule has 0 fully saturated rings. The van der Waals surface area contributed by atoms with Crippen molar-refractivity contribution >= 4 is 5.91 Å². The number of hydrogen-bond acceptors (Lipinski definition) is 2. The smallest absolute Gasteiger partial charge is 0.425 e. The van der Waals surface area contributed by atoms with Crippen LogP contribution in [-0.2, 0) is 0 Å². The number of nitrogens with two attached hydrogens (primary N) is 1. The third-order valence-electron chi connectivity index (χ3n) is 1.92. The van der Waals surface area contributed by atoms with Crippen LogP contribution in [-0.4, -0.2) is 18.2 Å². The molecule has 0 aliphatic carbocycles. The van der Waals surface area contributed by atoms with E-state index in [-0.39, 0.29) is 11.3 Å². The van der Waals surface area contributed by atoms with Gasteiger partial charge >= 0.3 is 6.18 Å². The van der Waals surface area contributed by atoms with Crippen molar-refractivity contribution in [2.24, 2.45) is 5.73 Å². The summed E-state index contributed by atoms with van der Waals surface area (Å²) in [6, 6.07) is 5.53. The number of ether oxygens (including phenoxy) is 1. The van der Waals surface area contributed by atoms with Gasteiger partial charge in [-0.15, -0.1) is 0 Å². The third kappa shape index (κ3) is 2.88. The van der Waals surface area contributed by atoms with E-state index in [1.807, 2.05) is 0 Å². The number of primary amides is 1. The fourth-order valence-electron chi connectivity index (χ4n) is 1.03. The van der Waals surface area contributed by atoms with Gasteiger partial charge in [0.2, 0.25) is 0 Å². The van der Waals surface area contributed by atoms with Crippen LogP contribution >= 0.6 is 0 Å². The molecule has 0 unspecified atom stereocenters. The predicted octanol–water partition coefficient (Wildman–Crippen LogP) is 2.12. The average molecular weight is 233 g/mol. The number of benzene rings is 1. The van der Waals surface area contributed by atoms with Gasteiger partial charge in [-0.1, -0.05) is 12.1 Å². The Balaban J connectivity index is 2.93. The van der Waals surface area contributed by atoms with E-state index in [1.165, 1.54) is 24.3 Å². The minimum Gasteiger partial charge on any atom is -0.480 e. The maximum absolute atomic E-state index is 12.2. The van der Waals surface area contributed by atoms with Crippen LogP contribution in [0.4, 0.5) is 13.2 Å². The van der Waals surface area contributed by atoms with Gasteiger partial charge in [0.05, 0.1) is 5.56 Å². The first-order valence-electron chi connectivity index (χ1n) is 4.44. The number of rotatable bonds is 3. The third-order valence-corrected chi connectivity index (χ3v) is 1.92. The molecule has 1 aromatic rings. The van der Waals surface area contributed by atoms with Gasteiger partial charge in [-0.05, 0) is 19.1 Å². The van der Waals surface area contributed by atoms with Crippen molar-refractivity contribution in [3.8, 4) is 5.75 Å². The number of carbonyl (C=O) groups is 1. The van der Waals surface area contributed by atoms with E-state index in [4.69, 9.17) is 5.73 Å². The normalized spacial score (nSPS) is 13.2. The van der Waals surface area contributed by atoms with Crippen molar-refractivity contribution in [2.75, 3.05) is 0 Å². The average Bonchev–Trinajstić information content (AvgIpc) is 2.16. The van der Waals surface area contributed by atoms with E-state index in [0.717, 1.165) is 6.92 Å². The number of para-hydroxylation sites is 1. The van der Waals surface area contributed by atoms with Crippen LogP contribution in [0.25, 0.3) is 0 Å². The number of halogens is 3. The van der Waals surface area contributed by atoms with Gasteiger partial charge in [0, 0.05) is 0 Å². The zero-order valence-electron chi connectivity index (χ0n) is 8.41. The van der Waals surface area contributed by atoms with Crippen LogP contribution in [0, 0.1) is 0 Å². The Morgan fingerprint density at radius 2 is 1.94 bits per heavy atom. The summed E-state index contributed by atoms with van der Waals surface area (Å²) in [7, 11) is 0. The van der Waals surface area contributed by atoms with E-state index in [0.29, 0.717) is 0 Å². The lowest BCUT2D eigenvalue weighted by Gasteiger charge is -2.18. The van der Waals surface area contributed by atoms with Gasteiger partial charge in [0.1, 0.15) is 5.75 Å². The molecule has 0 spiro atoms. The standard InChI is InChI=1S/C10H10F3NO2/c1-6(10(11,12)13)16-8-5-3-2-4-7(8)9(14)15/h2-6H,1H3,(H2,14,15)/t6-/m1/s1. The first-order chi connectivity index (χ1) is 7.32. The molecular formula is C10H10F3NO2. The highest BCUT2D eigenvalue weighted by Crippen LogP contribution is 2.26. The lowest BCUT2D eigenvalue weighted by molar-refractivity contribution is -0.189. The summed E-state index contributed by atoms with van der Waals surface area (Å²) in [6.07, 6.45) is -6.47. The molecule has 1 rings (SSSR count). The van der Waals surface area contributed by atoms with E-state index in [9.17, 15) is 18.0 Å². The summed E-state index contributed by atoms with van der Waals surface area (Å²) < 4.78 is 41.3. The first kappa shape index (κ1) is 12.4. The van der Waals surface area contributed by atoms with Crippen molar-refractivity contribution in [1.82, 2.24) is 0 Å². The molecule has 0 saturated carbocycles. The molecule has 0 aliphatic rings. The Kier molecular flexibility index (Phi) is 3.41. The van der Waals surface area contributed by atoms with Crippen LogP contribution in [0.1, 0.15) is 17.3 Å². The Morgan fingerprint density at radius 3 is 2.44 bits per heavy atom. The largest absolute Gasteiger partial charge is 0.480 e. The van der Waals surface area contributed by atoms with Gasteiger partial charge < -0.3 is 10.5 Å². The fourth-order valence-corrected chi connectivity index (χ4v) is 1.03. The van der Waals surface area contributed by atoms with Crippen molar-refractivity contribution in [3.63, 3.8) is 0 Å². The minimum absolute atomic E-state index is 0.0707. The summed E-state index contributed by atoms with van der Waals surface area (Å²) in [5.74, 6) is -0.996. The van der Waals surface area contributed by atoms with E-state index < -0.39 is 18.2 Å². The highest BCUT2D eigenvalue weighted by molar-refractivity contribution is 5.95. The van der Waals surface area contributed by atoms with Crippen LogP contribution < -0.4 is 10.5 Å². The monoisotopic (exact) mass is 233 g/mol. The zero-order valence-corrected chi connectivity index (χ0v) is 8.41. The summed E-state index contributed by atoms with van der Waals surface area (Å²) in [5, 5.41) is 0. The van der Waals surface area contributed by atoms with Crippen LogP contribution in [0.3, 0.4) is 0 Å². The van der Waals surface area contributed by atoms with Crippen molar-refractivity contribution in [2.45, 2.75) is 19.2 Å². The van der Waals surface area contributed by atoms with Crippen molar-refractivity contribution in [1.29, 1.82) is 0 Å². The van der Waals surface area contributed by atoms with Gasteiger partial charge in [-0.3, -0.25) is 4.79 Å². The molecule has 0 radical (unpaired) electrons. The number of amides is 1. The quantitative estimate of drug-likeness (QED) is 0.869. The summed E-state index contributed by atoms with van der Waals surface area (Å²) in [5.41, 5.74) is 4.93. The summed E-state index contributed by atoms with van der Waals surface area (Å²) in [6.45, 7) is 0.859. The predicted molar refractivity (Wildman–Crippen MR) is 51.1 cm³/mol. The molecule has 0 saturated heterocycles. The van der Waals surface area contributed by atoms with Gasteiger partial charge in [0.25, 0.3) is 5.91 Å². The molecule has 0 heterocycles. The van der Waals surface area contributed by atoms with Crippen LogP contribution in [0.2, 0.25) is 0 Å². The maximum atomic E-state index is 12.2. The second-order valence-corrected chi connectivity index (χ2v) is 3.16. The Hall–Kier alpha value is -1.72. The molecule has 88 valence electrons. The Morgan fingerprint density at radius 1 is 1.38 bits per heavy atom. The van der Waals surface area contributed by atoms with Crippen molar-refractivity contribution in [3.05, 3.63) is 29.8 Å². The Bertz CT molecular complexity index is 390. The molecule has 6 heteroatoms. The van der Waals surface area contributed by atoms with Crippen LogP contribution in [0.5, 0.6) is 5.75 Å². The molecule has 1 amide bonds. The highest BCUT2D eigenvalue weighted by atomic mass is 19.4. The van der Waals surface area contributed by atoms with Gasteiger partial charge in [0.15, 0.2) is 6.10 Å². The molecule has 3 nitrogen and oxygen atoms in total. The second-order valence-electron chi connectivity index (χ2n) is 3.16. The lowest BCUT2D eigenvalue weighted by atomic mass is 10.2. The molecule has 1 atom stereocenters. The fraction of sp³-hybridized carbons (Fsp3) is 0.300. The first-order valence-corrected chi connectivity index (χ1v) is 4.44. The van der Waals surface area contributed by atoms with E-state index >= 15 is 0 Å². The number of carbonyl (C=O) groups excluding carboxylic acids is 1. The summed E-state index contributed by atoms with van der Waals surface area (Å²) in [4.78, 5) is 10.9. The van der Waals surface area contributed by atoms with Crippen LogP contribution in [0.15, 0.2) is 24.3 Å². The molecule has 0 bridgehead atoms. The molecule has 1 aromatic carbocycles. The molecular weight excluding hydrogens is 223 g/mol. The van der Waals surface area contributed by atoms with Gasteiger partial charge in [-0.2, -0.15) is 13.2 Å². The number of alkyl halides is 3. The lowest BCUT2D eigenvalue weighted by Crippen LogP contribution is -2.31. The van der Waals surface area contributed by atoms with Gasteiger partial charge in [-0.25, -0.2) is 0 Å². The minimum atomic E-state index is -4.48. The number of hydrogen-bond donors (Lipinski definition) is 1. The second kappa shape index (κ2) is 4.42. The van der Waals surface area contributed by atoms with E-state index in [1.54, 1.807) is 0 Å². The Labute approximate surface area is 90.0 Å². The van der Waals surface area contributed by atoms with Crippen molar-refractivity contribution < 1.29 is 22.7 Å². The molecule has 2 N–H and O–H groups in total. The maximum Gasteiger partial charge on any atom is 0.425 e. The highest BCUT2D eigenvalue weighted by Gasteiger charge is 2.38. The topological polar surface area (TPSA) is 52.3 Å². The molecule has 0 aromatic heterocycles. The van der Waals surface area contributed by atoms with E-state index in [2.05, 4.69) is 4.74 Å². The molecule has 16 heavy (non-hydrogen) atoms. The zero-order chi connectivity index (χ0) is 12.3. The summed E-state index contributed by atoms with van der Waals surface area (Å²) >= 11 is 0. The SMILES string of the molecule is C[C@@H](Oc1ccccc1C(N)=O)C(F)(F)F.